The lowest BCUT2D eigenvalue weighted by Crippen LogP contribution is -2.08. The number of benzene rings is 1. The fourth-order valence-corrected chi connectivity index (χ4v) is 4.27. The van der Waals surface area contributed by atoms with Crippen molar-refractivity contribution in [2.24, 2.45) is 0 Å². The van der Waals surface area contributed by atoms with E-state index in [4.69, 9.17) is 4.74 Å². The summed E-state index contributed by atoms with van der Waals surface area (Å²) >= 11 is 1.48. The molecule has 148 valence electrons. The molecule has 0 aliphatic rings. The van der Waals surface area contributed by atoms with Crippen LogP contribution in [0.25, 0.3) is 5.69 Å². The van der Waals surface area contributed by atoms with Crippen LogP contribution in [-0.2, 0) is 11.3 Å². The van der Waals surface area contributed by atoms with Crippen molar-refractivity contribution in [1.29, 1.82) is 0 Å². The number of Topliss-reactive ketones (excluding diaryl/α,β-unsaturated/α-hetero) is 1. The van der Waals surface area contributed by atoms with Crippen molar-refractivity contribution in [2.75, 3.05) is 19.5 Å². The first-order valence-corrected chi connectivity index (χ1v) is 10.4. The number of para-hydroxylation sites is 1. The third-order valence-electron chi connectivity index (χ3n) is 4.92. The Bertz CT molecular complexity index is 959. The lowest BCUT2D eigenvalue weighted by atomic mass is 10.2. The standard InChI is InChI=1S/C22H27N3O2S/c1-16-8-5-6-9-20(16)25-12-10-23-22(25)28-15-21(26)19-14-17(2)24(18(19)3)11-7-13-27-4/h5-6,8-10,12,14H,7,11,13,15H2,1-4H3. The zero-order valence-corrected chi connectivity index (χ0v) is 17.8. The molecule has 6 heteroatoms. The number of methoxy groups -OCH3 is 1. The Morgan fingerprint density at radius 1 is 1.21 bits per heavy atom. The molecule has 28 heavy (non-hydrogen) atoms. The average molecular weight is 398 g/mol. The summed E-state index contributed by atoms with van der Waals surface area (Å²) in [4.78, 5) is 17.3. The van der Waals surface area contributed by atoms with Gasteiger partial charge in [0.15, 0.2) is 10.9 Å². The van der Waals surface area contributed by atoms with Crippen LogP contribution in [0.15, 0.2) is 47.9 Å². The summed E-state index contributed by atoms with van der Waals surface area (Å²) in [5.41, 5.74) is 5.21. The van der Waals surface area contributed by atoms with E-state index in [-0.39, 0.29) is 5.78 Å². The molecule has 0 fully saturated rings. The van der Waals surface area contributed by atoms with Crippen LogP contribution in [-0.4, -0.2) is 39.4 Å². The van der Waals surface area contributed by atoms with Gasteiger partial charge in [0.1, 0.15) is 0 Å². The third-order valence-corrected chi connectivity index (χ3v) is 5.89. The quantitative estimate of drug-likeness (QED) is 0.301. The van der Waals surface area contributed by atoms with Crippen molar-refractivity contribution in [3.63, 3.8) is 0 Å². The summed E-state index contributed by atoms with van der Waals surface area (Å²) in [6.45, 7) is 7.73. The highest BCUT2D eigenvalue weighted by atomic mass is 32.2. The van der Waals surface area contributed by atoms with E-state index in [0.29, 0.717) is 5.75 Å². The van der Waals surface area contributed by atoms with E-state index in [9.17, 15) is 4.79 Å². The number of aromatic nitrogens is 3. The lowest BCUT2D eigenvalue weighted by molar-refractivity contribution is 0.102. The maximum atomic E-state index is 12.9. The Balaban J connectivity index is 1.72. The SMILES string of the molecule is COCCCn1c(C)cc(C(=O)CSc2nccn2-c2ccccc2C)c1C. The van der Waals surface area contributed by atoms with Crippen LogP contribution in [0.1, 0.15) is 33.7 Å². The van der Waals surface area contributed by atoms with Crippen molar-refractivity contribution in [3.05, 3.63) is 65.2 Å². The minimum Gasteiger partial charge on any atom is -0.385 e. The van der Waals surface area contributed by atoms with Gasteiger partial charge in [0.2, 0.25) is 0 Å². The van der Waals surface area contributed by atoms with Crippen molar-refractivity contribution >= 4 is 17.5 Å². The fraction of sp³-hybridized carbons (Fsp3) is 0.364. The minimum atomic E-state index is 0.135. The number of carbonyl (C=O) groups excluding carboxylic acids is 1. The highest BCUT2D eigenvalue weighted by Crippen LogP contribution is 2.25. The summed E-state index contributed by atoms with van der Waals surface area (Å²) in [5.74, 6) is 0.501. The molecular formula is C22H27N3O2S. The first-order valence-electron chi connectivity index (χ1n) is 9.44. The summed E-state index contributed by atoms with van der Waals surface area (Å²) in [6, 6.07) is 10.2. The number of hydrogen-bond acceptors (Lipinski definition) is 4. The molecule has 0 aliphatic heterocycles. The van der Waals surface area contributed by atoms with Crippen LogP contribution in [0, 0.1) is 20.8 Å². The molecule has 0 saturated carbocycles. The molecule has 0 amide bonds. The van der Waals surface area contributed by atoms with Gasteiger partial charge in [0, 0.05) is 49.6 Å². The van der Waals surface area contributed by atoms with Crippen LogP contribution in [0.2, 0.25) is 0 Å². The van der Waals surface area contributed by atoms with E-state index in [1.165, 1.54) is 17.3 Å². The number of aryl methyl sites for hydroxylation is 2. The summed E-state index contributed by atoms with van der Waals surface area (Å²) < 4.78 is 9.38. The summed E-state index contributed by atoms with van der Waals surface area (Å²) in [7, 11) is 1.71. The number of carbonyl (C=O) groups is 1. The van der Waals surface area contributed by atoms with Gasteiger partial charge in [-0.2, -0.15) is 0 Å². The van der Waals surface area contributed by atoms with Crippen LogP contribution >= 0.6 is 11.8 Å². The van der Waals surface area contributed by atoms with E-state index >= 15 is 0 Å². The van der Waals surface area contributed by atoms with Crippen molar-refractivity contribution in [3.8, 4) is 5.69 Å². The maximum absolute atomic E-state index is 12.9. The van der Waals surface area contributed by atoms with Crippen molar-refractivity contribution in [2.45, 2.75) is 38.9 Å². The monoisotopic (exact) mass is 397 g/mol. The molecule has 3 aromatic rings. The third kappa shape index (κ3) is 4.39. The Labute approximate surface area is 170 Å². The van der Waals surface area contributed by atoms with Crippen molar-refractivity contribution < 1.29 is 9.53 Å². The van der Waals surface area contributed by atoms with Gasteiger partial charge >= 0.3 is 0 Å². The Morgan fingerprint density at radius 3 is 2.75 bits per heavy atom. The highest BCUT2D eigenvalue weighted by molar-refractivity contribution is 7.99. The zero-order chi connectivity index (χ0) is 20.1. The van der Waals surface area contributed by atoms with Gasteiger partial charge in [-0.25, -0.2) is 4.98 Å². The van der Waals surface area contributed by atoms with Gasteiger partial charge in [-0.1, -0.05) is 30.0 Å². The molecule has 0 aliphatic carbocycles. The lowest BCUT2D eigenvalue weighted by Gasteiger charge is -2.10. The number of rotatable bonds is 9. The highest BCUT2D eigenvalue weighted by Gasteiger charge is 2.17. The van der Waals surface area contributed by atoms with E-state index in [2.05, 4.69) is 35.5 Å². The predicted octanol–water partition coefficient (Wildman–Crippen LogP) is 4.61. The van der Waals surface area contributed by atoms with Crippen molar-refractivity contribution in [1.82, 2.24) is 14.1 Å². The number of imidazole rings is 1. The summed E-state index contributed by atoms with van der Waals surface area (Å²) in [6.07, 6.45) is 4.65. The Morgan fingerprint density at radius 2 is 2.00 bits per heavy atom. The number of hydrogen-bond donors (Lipinski definition) is 0. The van der Waals surface area contributed by atoms with Gasteiger partial charge in [0.25, 0.3) is 0 Å². The largest absolute Gasteiger partial charge is 0.385 e. The van der Waals surface area contributed by atoms with E-state index in [1.807, 2.05) is 35.9 Å². The van der Waals surface area contributed by atoms with Gasteiger partial charge in [-0.3, -0.25) is 9.36 Å². The molecule has 3 rings (SSSR count). The van der Waals surface area contributed by atoms with Crippen LogP contribution in [0.5, 0.6) is 0 Å². The molecule has 0 saturated heterocycles. The molecule has 5 nitrogen and oxygen atoms in total. The molecule has 2 heterocycles. The predicted molar refractivity (Wildman–Crippen MR) is 114 cm³/mol. The number of ketones is 1. The van der Waals surface area contributed by atoms with Gasteiger partial charge < -0.3 is 9.30 Å². The van der Waals surface area contributed by atoms with Crippen LogP contribution < -0.4 is 0 Å². The number of thioether (sulfide) groups is 1. The molecule has 0 spiro atoms. The molecular weight excluding hydrogens is 370 g/mol. The molecule has 0 atom stereocenters. The first kappa shape index (κ1) is 20.4. The summed E-state index contributed by atoms with van der Waals surface area (Å²) in [5, 5.41) is 0.830. The van der Waals surface area contributed by atoms with E-state index < -0.39 is 0 Å². The minimum absolute atomic E-state index is 0.135. The second-order valence-electron chi connectivity index (χ2n) is 6.86. The van der Waals surface area contributed by atoms with E-state index in [1.54, 1.807) is 13.3 Å². The molecule has 0 N–H and O–H groups in total. The van der Waals surface area contributed by atoms with Crippen LogP contribution in [0.4, 0.5) is 0 Å². The van der Waals surface area contributed by atoms with E-state index in [0.717, 1.165) is 47.4 Å². The van der Waals surface area contributed by atoms with Gasteiger partial charge in [-0.15, -0.1) is 0 Å². The molecule has 2 aromatic heterocycles. The normalized spacial score (nSPS) is 11.1. The second kappa shape index (κ2) is 9.26. The maximum Gasteiger partial charge on any atom is 0.175 e. The fourth-order valence-electron chi connectivity index (χ4n) is 3.42. The number of nitrogens with zero attached hydrogens (tertiary/aromatic N) is 3. The average Bonchev–Trinajstić information content (AvgIpc) is 3.26. The molecule has 1 aromatic carbocycles. The van der Waals surface area contributed by atoms with Gasteiger partial charge in [-0.05, 0) is 44.9 Å². The first-order chi connectivity index (χ1) is 13.5. The zero-order valence-electron chi connectivity index (χ0n) is 16.9. The smallest absolute Gasteiger partial charge is 0.175 e. The number of ether oxygens (including phenoxy) is 1. The second-order valence-corrected chi connectivity index (χ2v) is 7.80. The van der Waals surface area contributed by atoms with Gasteiger partial charge in [0.05, 0.1) is 11.4 Å². The topological polar surface area (TPSA) is 49.1 Å². The molecule has 0 radical (unpaired) electrons. The Kier molecular flexibility index (Phi) is 6.75. The molecule has 0 bridgehead atoms. The molecule has 0 unspecified atom stereocenters. The Hall–Kier alpha value is -2.31. The van der Waals surface area contributed by atoms with Crippen LogP contribution in [0.3, 0.4) is 0 Å².